The number of benzene rings is 1. The van der Waals surface area contributed by atoms with Crippen molar-refractivity contribution in [2.24, 2.45) is 5.73 Å². The molecule has 1 amide bonds. The first kappa shape index (κ1) is 16.5. The van der Waals surface area contributed by atoms with Crippen LogP contribution in [0.4, 0.5) is 8.78 Å². The molecule has 2 N–H and O–H groups in total. The molecule has 1 aromatic heterocycles. The molecule has 1 aromatic carbocycles. The minimum absolute atomic E-state index is 0.184. The highest BCUT2D eigenvalue weighted by Gasteiger charge is 2.27. The predicted octanol–water partition coefficient (Wildman–Crippen LogP) is 0.764. The number of hydrogen-bond acceptors (Lipinski definition) is 6. The van der Waals surface area contributed by atoms with Gasteiger partial charge in [-0.05, 0) is 12.1 Å². The Bertz CT molecular complexity index is 708. The van der Waals surface area contributed by atoms with Gasteiger partial charge in [0.25, 0.3) is 5.91 Å². The third-order valence-electron chi connectivity index (χ3n) is 3.89. The molecule has 1 aliphatic rings. The second-order valence-electron chi connectivity index (χ2n) is 5.47. The van der Waals surface area contributed by atoms with E-state index in [1.807, 2.05) is 4.90 Å². The van der Waals surface area contributed by atoms with Crippen LogP contribution in [0, 0.1) is 11.6 Å². The summed E-state index contributed by atoms with van der Waals surface area (Å²) in [6, 6.07) is 3.40. The van der Waals surface area contributed by atoms with Crippen LogP contribution in [0.5, 0.6) is 0 Å². The fourth-order valence-electron chi connectivity index (χ4n) is 2.61. The van der Waals surface area contributed by atoms with Gasteiger partial charge >= 0.3 is 0 Å². The van der Waals surface area contributed by atoms with Crippen molar-refractivity contribution in [2.75, 3.05) is 26.2 Å². The summed E-state index contributed by atoms with van der Waals surface area (Å²) >= 11 is 0. The highest BCUT2D eigenvalue weighted by molar-refractivity contribution is 5.94. The maximum Gasteiger partial charge on any atom is 0.259 e. The molecule has 24 heavy (non-hydrogen) atoms. The van der Waals surface area contributed by atoms with Crippen molar-refractivity contribution in [1.82, 2.24) is 19.9 Å². The number of nitrogens with two attached hydrogens (primary N) is 1. The monoisotopic (exact) mass is 337 g/mol. The average Bonchev–Trinajstić information content (AvgIpc) is 3.03. The van der Waals surface area contributed by atoms with Gasteiger partial charge in [0.1, 0.15) is 17.2 Å². The molecule has 2 aromatic rings. The normalized spacial score (nSPS) is 15.7. The van der Waals surface area contributed by atoms with Crippen LogP contribution < -0.4 is 5.73 Å². The number of aromatic nitrogens is 2. The molecule has 1 saturated heterocycles. The number of piperazine rings is 1. The van der Waals surface area contributed by atoms with Crippen LogP contribution in [0.15, 0.2) is 22.7 Å². The molecule has 3 rings (SSSR count). The standard InChI is InChI=1S/C15H17F2N5O2/c16-10-2-1-3-11(17)14(10)15(23)22-6-4-21(5-7-22)9-12-19-13(8-18)24-20-12/h1-3H,4-9,18H2. The highest BCUT2D eigenvalue weighted by atomic mass is 19.1. The molecule has 0 aliphatic carbocycles. The van der Waals surface area contributed by atoms with Crippen LogP contribution in [0.2, 0.25) is 0 Å². The van der Waals surface area contributed by atoms with Crippen LogP contribution in [-0.2, 0) is 13.1 Å². The predicted molar refractivity (Wildman–Crippen MR) is 79.7 cm³/mol. The first-order valence-corrected chi connectivity index (χ1v) is 7.55. The maximum atomic E-state index is 13.7. The van der Waals surface area contributed by atoms with Gasteiger partial charge in [0.05, 0.1) is 13.1 Å². The van der Waals surface area contributed by atoms with E-state index in [4.69, 9.17) is 10.3 Å². The molecule has 7 nitrogen and oxygen atoms in total. The van der Waals surface area contributed by atoms with E-state index in [1.165, 1.54) is 11.0 Å². The number of rotatable bonds is 4. The minimum Gasteiger partial charge on any atom is -0.338 e. The van der Waals surface area contributed by atoms with Gasteiger partial charge in [-0.1, -0.05) is 11.2 Å². The van der Waals surface area contributed by atoms with Gasteiger partial charge in [0.15, 0.2) is 5.82 Å². The van der Waals surface area contributed by atoms with Crippen LogP contribution in [0.25, 0.3) is 0 Å². The summed E-state index contributed by atoms with van der Waals surface area (Å²) in [5.74, 6) is -1.42. The fourth-order valence-corrected chi connectivity index (χ4v) is 2.61. The van der Waals surface area contributed by atoms with Crippen LogP contribution in [0.3, 0.4) is 0 Å². The van der Waals surface area contributed by atoms with E-state index in [0.717, 1.165) is 12.1 Å². The molecular weight excluding hydrogens is 320 g/mol. The van der Waals surface area contributed by atoms with Gasteiger partial charge < -0.3 is 15.2 Å². The highest BCUT2D eigenvalue weighted by Crippen LogP contribution is 2.16. The van der Waals surface area contributed by atoms with Crippen molar-refractivity contribution in [3.63, 3.8) is 0 Å². The van der Waals surface area contributed by atoms with E-state index in [-0.39, 0.29) is 6.54 Å². The van der Waals surface area contributed by atoms with Gasteiger partial charge in [0.2, 0.25) is 5.89 Å². The molecule has 2 heterocycles. The topological polar surface area (TPSA) is 88.5 Å². The summed E-state index contributed by atoms with van der Waals surface area (Å²) in [7, 11) is 0. The van der Waals surface area contributed by atoms with Gasteiger partial charge in [0, 0.05) is 26.2 Å². The summed E-state index contributed by atoms with van der Waals surface area (Å²) in [6.45, 7) is 2.49. The SMILES string of the molecule is NCc1nc(CN2CCN(C(=O)c3c(F)cccc3F)CC2)no1. The molecule has 1 aliphatic heterocycles. The van der Waals surface area contributed by atoms with Crippen molar-refractivity contribution < 1.29 is 18.1 Å². The molecule has 0 radical (unpaired) electrons. The van der Waals surface area contributed by atoms with Crippen molar-refractivity contribution in [2.45, 2.75) is 13.1 Å². The number of amides is 1. The Morgan fingerprint density at radius 1 is 1.21 bits per heavy atom. The second-order valence-corrected chi connectivity index (χ2v) is 5.47. The summed E-state index contributed by atoms with van der Waals surface area (Å²) in [5, 5.41) is 3.82. The summed E-state index contributed by atoms with van der Waals surface area (Å²) < 4.78 is 32.4. The lowest BCUT2D eigenvalue weighted by atomic mass is 10.1. The minimum atomic E-state index is -0.844. The number of hydrogen-bond donors (Lipinski definition) is 1. The van der Waals surface area contributed by atoms with E-state index in [2.05, 4.69) is 10.1 Å². The third-order valence-corrected chi connectivity index (χ3v) is 3.89. The fraction of sp³-hybridized carbons (Fsp3) is 0.400. The molecule has 9 heteroatoms. The largest absolute Gasteiger partial charge is 0.338 e. The molecule has 0 atom stereocenters. The smallest absolute Gasteiger partial charge is 0.259 e. The molecular formula is C15H17F2N5O2. The third kappa shape index (κ3) is 3.41. The first-order valence-electron chi connectivity index (χ1n) is 7.55. The maximum absolute atomic E-state index is 13.7. The molecule has 0 bridgehead atoms. The van der Waals surface area contributed by atoms with Gasteiger partial charge in [-0.2, -0.15) is 4.98 Å². The lowest BCUT2D eigenvalue weighted by Gasteiger charge is -2.34. The molecule has 128 valence electrons. The Balaban J connectivity index is 1.59. The molecule has 1 fully saturated rings. The van der Waals surface area contributed by atoms with E-state index >= 15 is 0 Å². The van der Waals surface area contributed by atoms with Crippen LogP contribution >= 0.6 is 0 Å². The quantitative estimate of drug-likeness (QED) is 0.886. The number of nitrogens with zero attached hydrogens (tertiary/aromatic N) is 4. The second kappa shape index (κ2) is 7.02. The summed E-state index contributed by atoms with van der Waals surface area (Å²) in [4.78, 5) is 19.9. The Morgan fingerprint density at radius 3 is 2.46 bits per heavy atom. The Labute approximate surface area is 137 Å². The first-order chi connectivity index (χ1) is 11.6. The van der Waals surface area contributed by atoms with Gasteiger partial charge in [-0.15, -0.1) is 0 Å². The van der Waals surface area contributed by atoms with Gasteiger partial charge in [-0.3, -0.25) is 9.69 Å². The van der Waals surface area contributed by atoms with E-state index in [0.29, 0.717) is 44.4 Å². The molecule has 0 saturated carbocycles. The van der Waals surface area contributed by atoms with Crippen molar-refractivity contribution in [1.29, 1.82) is 0 Å². The number of carbonyl (C=O) groups is 1. The van der Waals surface area contributed by atoms with Crippen LogP contribution in [0.1, 0.15) is 22.1 Å². The number of halogens is 2. The van der Waals surface area contributed by atoms with E-state index in [9.17, 15) is 13.6 Å². The summed E-state index contributed by atoms with van der Waals surface area (Å²) in [5.41, 5.74) is 4.91. The zero-order chi connectivity index (χ0) is 17.1. The Hall–Kier alpha value is -2.39. The number of carbonyl (C=O) groups excluding carboxylic acids is 1. The van der Waals surface area contributed by atoms with E-state index in [1.54, 1.807) is 0 Å². The Morgan fingerprint density at radius 2 is 1.88 bits per heavy atom. The van der Waals surface area contributed by atoms with Crippen LogP contribution in [-0.4, -0.2) is 52.0 Å². The average molecular weight is 337 g/mol. The Kier molecular flexibility index (Phi) is 4.81. The summed E-state index contributed by atoms with van der Waals surface area (Å²) in [6.07, 6.45) is 0. The van der Waals surface area contributed by atoms with Crippen molar-refractivity contribution >= 4 is 5.91 Å². The van der Waals surface area contributed by atoms with Gasteiger partial charge in [-0.25, -0.2) is 8.78 Å². The molecule has 0 spiro atoms. The van der Waals surface area contributed by atoms with Crippen molar-refractivity contribution in [3.05, 3.63) is 47.1 Å². The lowest BCUT2D eigenvalue weighted by Crippen LogP contribution is -2.48. The van der Waals surface area contributed by atoms with Crippen molar-refractivity contribution in [3.8, 4) is 0 Å². The zero-order valence-corrected chi connectivity index (χ0v) is 12.9. The molecule has 0 unspecified atom stereocenters. The zero-order valence-electron chi connectivity index (χ0n) is 12.9. The lowest BCUT2D eigenvalue weighted by molar-refractivity contribution is 0.0615. The van der Waals surface area contributed by atoms with E-state index < -0.39 is 23.1 Å².